The molecule has 4 aromatic rings. The minimum absolute atomic E-state index is 0. The molecule has 11 rings (SSSR count). The monoisotopic (exact) mass is 904 g/mol. The zero-order chi connectivity index (χ0) is 38.8. The molecule has 0 N–H and O–H groups in total. The van der Waals surface area contributed by atoms with Crippen LogP contribution in [-0.2, 0) is 28.2 Å². The first kappa shape index (κ1) is 42.7. The molecular weight excluding hydrogens is 839 g/mol. The second-order valence-electron chi connectivity index (χ2n) is 22.5. The van der Waals surface area contributed by atoms with Gasteiger partial charge in [-0.1, -0.05) is 0 Å². The Morgan fingerprint density at radius 1 is 0.621 bits per heavy atom. The van der Waals surface area contributed by atoms with E-state index in [-0.39, 0.29) is 30.2 Å². The number of halogens is 2. The van der Waals surface area contributed by atoms with Crippen LogP contribution in [0.25, 0.3) is 34.4 Å². The van der Waals surface area contributed by atoms with Gasteiger partial charge in [-0.15, -0.1) is 24.8 Å². The molecule has 0 amide bonds. The molecule has 2 unspecified atom stereocenters. The van der Waals surface area contributed by atoms with E-state index in [1.165, 1.54) is 103 Å². The van der Waals surface area contributed by atoms with Crippen LogP contribution in [0.2, 0.25) is 9.26 Å². The van der Waals surface area contributed by atoms with E-state index in [1.807, 2.05) is 0 Å². The van der Waals surface area contributed by atoms with Crippen molar-refractivity contribution in [3.05, 3.63) is 129 Å². The molecule has 5 saturated carbocycles. The Kier molecular flexibility index (Phi) is 11.2. The smallest absolute Gasteiger partial charge is 0.147 e. The standard InChI is InChI=1S/C26H27.C26H31.2CH3.2ClH.H2Si.Zr/c1-17-9-22-3-2-4-24(25(22)10-17)21-5-7-23(8-6-21)26-14-18-11-19(15-26)13-20(12-18)16-26;1-18-8-10-19(11-9-18)22-16-21-6-5-7-24(25(21)17-22)20-12-14-23(15-13-20)26(2,3)4;;;;;;/h2-10,18-20H,11-16H2,1H3;5-7,12-19H,8-11H2,1-4H3;2*1H3;2*1H;1H2;. The van der Waals surface area contributed by atoms with Crippen molar-refractivity contribution in [3.63, 3.8) is 0 Å². The predicted molar refractivity (Wildman–Crippen MR) is 255 cm³/mol. The van der Waals surface area contributed by atoms with Gasteiger partial charge in [0.1, 0.15) is 0 Å². The molecular formula is C54H68Cl2SiZr. The maximum Gasteiger partial charge on any atom is -0.147 e. The van der Waals surface area contributed by atoms with Gasteiger partial charge in [0, 0.05) is 0 Å². The Hall–Kier alpha value is -1.96. The Morgan fingerprint density at radius 2 is 1.10 bits per heavy atom. The first-order chi connectivity index (χ1) is 26.7. The fraction of sp³-hybridized carbons (Fsp3) is 0.481. The average Bonchev–Trinajstić information content (AvgIpc) is 3.73. The van der Waals surface area contributed by atoms with Crippen LogP contribution in [-0.4, -0.2) is 6.88 Å². The van der Waals surface area contributed by atoms with Gasteiger partial charge < -0.3 is 0 Å². The van der Waals surface area contributed by atoms with E-state index < -0.39 is 17.4 Å². The molecule has 0 radical (unpaired) electrons. The summed E-state index contributed by atoms with van der Waals surface area (Å²) in [5.41, 5.74) is 19.0. The van der Waals surface area contributed by atoms with Gasteiger partial charge in [-0.2, -0.15) is 0 Å². The summed E-state index contributed by atoms with van der Waals surface area (Å²) in [6.07, 6.45) is 19.7. The fourth-order valence-corrected chi connectivity index (χ4v) is 34.9. The first-order valence-corrected chi connectivity index (χ1v) is 36.3. The van der Waals surface area contributed by atoms with Crippen LogP contribution < -0.4 is 0 Å². The third kappa shape index (κ3) is 7.03. The normalized spacial score (nSPS) is 29.8. The quantitative estimate of drug-likeness (QED) is 0.169. The summed E-state index contributed by atoms with van der Waals surface area (Å²) >= 11 is -3.77. The van der Waals surface area contributed by atoms with E-state index in [4.69, 9.17) is 0 Å². The summed E-state index contributed by atoms with van der Waals surface area (Å²) in [4.78, 5) is 0. The average molecular weight is 907 g/mol. The Balaban J connectivity index is 0.00000235. The van der Waals surface area contributed by atoms with Crippen molar-refractivity contribution >= 4 is 43.8 Å². The first-order valence-electron chi connectivity index (χ1n) is 22.6. The van der Waals surface area contributed by atoms with E-state index in [0.29, 0.717) is 18.6 Å². The summed E-state index contributed by atoms with van der Waals surface area (Å²) in [7, 11) is 0. The molecule has 4 aromatic carbocycles. The van der Waals surface area contributed by atoms with Gasteiger partial charge in [-0.25, -0.2) is 0 Å². The molecule has 0 spiro atoms. The van der Waals surface area contributed by atoms with Crippen LogP contribution in [0.3, 0.4) is 0 Å². The third-order valence-corrected chi connectivity index (χ3v) is 34.3. The molecule has 306 valence electrons. The number of fused-ring (bicyclic) bond motifs is 2. The van der Waals surface area contributed by atoms with Crippen LogP contribution in [0.1, 0.15) is 139 Å². The number of allylic oxidation sites excluding steroid dienone is 2. The Morgan fingerprint density at radius 3 is 1.62 bits per heavy atom. The summed E-state index contributed by atoms with van der Waals surface area (Å²) in [5, 5.41) is 0. The van der Waals surface area contributed by atoms with Crippen molar-refractivity contribution in [1.29, 1.82) is 0 Å². The maximum atomic E-state index is 2.85. The molecule has 0 aliphatic heterocycles. The SMILES string of the molecule is CC1=Cc2c(-c3ccc(C45CC6CC(CC(C6)C4)C5)cc3)cccc2[CH]1[Zr]([CH3])([CH3])(=[SiH2])[CH]1C(C2CCC(C)CC2)=Cc2c(-c3ccc(C(C)(C)C)cc3)cccc21.Cl.Cl. The van der Waals surface area contributed by atoms with Gasteiger partial charge in [0.05, 0.1) is 0 Å². The number of hydrogen-bond donors (Lipinski definition) is 0. The fourth-order valence-electron chi connectivity index (χ4n) is 14.5. The number of benzene rings is 4. The van der Waals surface area contributed by atoms with E-state index >= 15 is 0 Å². The van der Waals surface area contributed by atoms with Crippen LogP contribution in [0.15, 0.2) is 96.1 Å². The molecule has 58 heavy (non-hydrogen) atoms. The van der Waals surface area contributed by atoms with E-state index in [2.05, 4.69) is 148 Å². The summed E-state index contributed by atoms with van der Waals surface area (Å²) < 4.78 is 6.80. The molecule has 4 heteroatoms. The minimum atomic E-state index is -3.77. The Bertz CT molecular complexity index is 2310. The van der Waals surface area contributed by atoms with Crippen molar-refractivity contribution in [2.24, 2.45) is 29.6 Å². The van der Waals surface area contributed by atoms with Crippen LogP contribution in [0, 0.1) is 29.6 Å². The summed E-state index contributed by atoms with van der Waals surface area (Å²) in [5.74, 6) is 4.49. The largest absolute Gasteiger partial charge is 0.147 e. The van der Waals surface area contributed by atoms with Crippen molar-refractivity contribution in [3.8, 4) is 22.3 Å². The summed E-state index contributed by atoms with van der Waals surface area (Å²) in [6, 6.07) is 34.4. The molecule has 2 atom stereocenters. The van der Waals surface area contributed by atoms with Gasteiger partial charge in [0.25, 0.3) is 0 Å². The van der Waals surface area contributed by atoms with Gasteiger partial charge in [0.2, 0.25) is 0 Å². The van der Waals surface area contributed by atoms with Crippen LogP contribution >= 0.6 is 24.8 Å². The zero-order valence-electron chi connectivity index (χ0n) is 36.4. The topological polar surface area (TPSA) is 0 Å². The number of rotatable bonds is 6. The van der Waals surface area contributed by atoms with Gasteiger partial charge in [-0.05, 0) is 0 Å². The van der Waals surface area contributed by atoms with Crippen LogP contribution in [0.5, 0.6) is 0 Å². The van der Waals surface area contributed by atoms with Gasteiger partial charge in [0.15, 0.2) is 0 Å². The van der Waals surface area contributed by atoms with E-state index in [1.54, 1.807) is 27.8 Å². The molecule has 0 aromatic heterocycles. The minimum Gasteiger partial charge on any atom is -0.147 e. The van der Waals surface area contributed by atoms with Crippen LogP contribution in [0.4, 0.5) is 0 Å². The molecule has 0 saturated heterocycles. The molecule has 7 aliphatic carbocycles. The molecule has 7 aliphatic rings. The second kappa shape index (κ2) is 15.1. The van der Waals surface area contributed by atoms with Crippen molar-refractivity contribution in [1.82, 2.24) is 0 Å². The molecule has 4 bridgehead atoms. The predicted octanol–water partition coefficient (Wildman–Crippen LogP) is 15.4. The number of hydrogen-bond acceptors (Lipinski definition) is 0. The maximum absolute atomic E-state index is 3.77. The molecule has 0 heterocycles. The van der Waals surface area contributed by atoms with Gasteiger partial charge in [-0.3, -0.25) is 0 Å². The summed E-state index contributed by atoms with van der Waals surface area (Å²) in [6.45, 7) is 14.5. The van der Waals surface area contributed by atoms with Crippen molar-refractivity contribution < 1.29 is 17.4 Å². The second-order valence-corrected chi connectivity index (χ2v) is 53.0. The molecule has 0 nitrogen and oxygen atoms in total. The molecule has 5 fully saturated rings. The third-order valence-electron chi connectivity index (χ3n) is 16.7. The Labute approximate surface area is 365 Å². The van der Waals surface area contributed by atoms with E-state index in [0.717, 1.165) is 23.7 Å². The van der Waals surface area contributed by atoms with Crippen molar-refractivity contribution in [2.45, 2.75) is 126 Å². The van der Waals surface area contributed by atoms with E-state index in [9.17, 15) is 0 Å². The van der Waals surface area contributed by atoms with Gasteiger partial charge >= 0.3 is 344 Å². The zero-order valence-corrected chi connectivity index (χ0v) is 41.9. The van der Waals surface area contributed by atoms with Crippen molar-refractivity contribution in [2.75, 3.05) is 0 Å².